The lowest BCUT2D eigenvalue weighted by Crippen LogP contribution is -2.19. The molecule has 0 rings (SSSR count). The van der Waals surface area contributed by atoms with Gasteiger partial charge in [0.2, 0.25) is 0 Å². The molecule has 0 atom stereocenters. The van der Waals surface area contributed by atoms with Crippen LogP contribution in [0.1, 0.15) is 181 Å². The number of allylic oxidation sites excluding steroid dienone is 8. The number of hydrogen-bond donors (Lipinski definition) is 0. The van der Waals surface area contributed by atoms with Gasteiger partial charge in [0.25, 0.3) is 0 Å². The fraction of sp³-hybridized carbons (Fsp3) is 0.761. The minimum Gasteiger partial charge on any atom is -0.466 e. The Balaban J connectivity index is 0. The molecular formula is C46H83NO7. The quantitative estimate of drug-likeness (QED) is 0.0270. The number of ether oxygens (including phenoxy) is 4. The Hall–Kier alpha value is -2.87. The molecule has 0 aliphatic heterocycles. The minimum absolute atomic E-state index is 0.164. The molecule has 0 saturated carbocycles. The van der Waals surface area contributed by atoms with E-state index >= 15 is 0 Å². The second-order valence-electron chi connectivity index (χ2n) is 14.3. The van der Waals surface area contributed by atoms with E-state index in [4.69, 9.17) is 18.9 Å². The van der Waals surface area contributed by atoms with Crippen molar-refractivity contribution in [3.63, 3.8) is 0 Å². The summed E-state index contributed by atoms with van der Waals surface area (Å²) in [5.41, 5.74) is 0. The number of esters is 2. The predicted octanol–water partition coefficient (Wildman–Crippen LogP) is 12.8. The molecule has 0 aromatic carbocycles. The van der Waals surface area contributed by atoms with Crippen LogP contribution in [0.5, 0.6) is 0 Å². The highest BCUT2D eigenvalue weighted by Gasteiger charge is 2.09. The van der Waals surface area contributed by atoms with Crippen LogP contribution in [-0.2, 0) is 28.5 Å². The monoisotopic (exact) mass is 762 g/mol. The number of unbranched alkanes of at least 4 members (excludes halogenated alkanes) is 18. The Morgan fingerprint density at radius 1 is 0.444 bits per heavy atom. The van der Waals surface area contributed by atoms with Crippen molar-refractivity contribution >= 4 is 18.1 Å². The molecule has 0 aliphatic carbocycles. The first-order valence-electron chi connectivity index (χ1n) is 21.7. The maximum absolute atomic E-state index is 11.6. The van der Waals surface area contributed by atoms with Crippen LogP contribution in [0.4, 0.5) is 4.79 Å². The van der Waals surface area contributed by atoms with Gasteiger partial charge in [-0.2, -0.15) is 0 Å². The first-order chi connectivity index (χ1) is 26.3. The van der Waals surface area contributed by atoms with E-state index in [9.17, 15) is 14.4 Å². The molecule has 0 saturated heterocycles. The van der Waals surface area contributed by atoms with Crippen LogP contribution in [-0.4, -0.2) is 70.1 Å². The van der Waals surface area contributed by atoms with Crippen molar-refractivity contribution in [3.05, 3.63) is 48.6 Å². The van der Waals surface area contributed by atoms with Gasteiger partial charge in [0, 0.05) is 13.5 Å². The van der Waals surface area contributed by atoms with E-state index in [2.05, 4.69) is 62.5 Å². The number of nitrogens with zero attached hydrogens (tertiary/aromatic N) is 1. The van der Waals surface area contributed by atoms with E-state index in [1.54, 1.807) is 0 Å². The van der Waals surface area contributed by atoms with Gasteiger partial charge in [-0.1, -0.05) is 140 Å². The maximum Gasteiger partial charge on any atom is 0.508 e. The molecule has 0 amide bonds. The second-order valence-corrected chi connectivity index (χ2v) is 14.3. The predicted molar refractivity (Wildman–Crippen MR) is 227 cm³/mol. The minimum atomic E-state index is -0.825. The molecule has 8 heteroatoms. The largest absolute Gasteiger partial charge is 0.508 e. The number of hydrogen-bond acceptors (Lipinski definition) is 8. The zero-order chi connectivity index (χ0) is 40.0. The highest BCUT2D eigenvalue weighted by molar-refractivity contribution is 5.73. The van der Waals surface area contributed by atoms with Gasteiger partial charge in [-0.3, -0.25) is 4.79 Å². The van der Waals surface area contributed by atoms with E-state index in [-0.39, 0.29) is 12.6 Å². The van der Waals surface area contributed by atoms with Crippen LogP contribution < -0.4 is 0 Å². The highest BCUT2D eigenvalue weighted by atomic mass is 16.7. The van der Waals surface area contributed by atoms with Gasteiger partial charge in [0.05, 0.1) is 19.8 Å². The SMILES string of the molecule is CCCCC/C=C\C/C=C\CCCCCCCCOC(=O)COC(=O)OCCCN(C)C.CCCCC/C=C\C/C=C\CCCCCCCCOC(C)=O. The molecule has 0 fully saturated rings. The van der Waals surface area contributed by atoms with Crippen molar-refractivity contribution in [1.29, 1.82) is 0 Å². The molecule has 0 aliphatic rings. The molecular weight excluding hydrogens is 679 g/mol. The maximum atomic E-state index is 11.6. The molecule has 54 heavy (non-hydrogen) atoms. The van der Waals surface area contributed by atoms with Gasteiger partial charge < -0.3 is 23.8 Å². The van der Waals surface area contributed by atoms with Gasteiger partial charge in [0.15, 0.2) is 6.61 Å². The average Bonchev–Trinajstić information content (AvgIpc) is 3.15. The third kappa shape index (κ3) is 51.2. The Labute approximate surface area is 332 Å². The summed E-state index contributed by atoms with van der Waals surface area (Å²) in [6, 6.07) is 0. The van der Waals surface area contributed by atoms with Crippen LogP contribution in [0.3, 0.4) is 0 Å². The summed E-state index contributed by atoms with van der Waals surface area (Å²) in [6.07, 6.45) is 47.1. The van der Waals surface area contributed by atoms with Gasteiger partial charge in [-0.25, -0.2) is 9.59 Å². The molecule has 0 aromatic rings. The van der Waals surface area contributed by atoms with Gasteiger partial charge in [-0.05, 0) is 97.6 Å². The van der Waals surface area contributed by atoms with Crippen LogP contribution >= 0.6 is 0 Å². The third-order valence-corrected chi connectivity index (χ3v) is 8.54. The van der Waals surface area contributed by atoms with Crippen molar-refractivity contribution in [2.75, 3.05) is 47.1 Å². The van der Waals surface area contributed by atoms with Gasteiger partial charge >= 0.3 is 18.1 Å². The van der Waals surface area contributed by atoms with Crippen LogP contribution in [0.25, 0.3) is 0 Å². The lowest BCUT2D eigenvalue weighted by Gasteiger charge is -2.09. The van der Waals surface area contributed by atoms with Crippen LogP contribution in [0.15, 0.2) is 48.6 Å². The summed E-state index contributed by atoms with van der Waals surface area (Å²) >= 11 is 0. The molecule has 0 unspecified atom stereocenters. The average molecular weight is 762 g/mol. The van der Waals surface area contributed by atoms with E-state index < -0.39 is 18.7 Å². The number of carbonyl (C=O) groups excluding carboxylic acids is 3. The third-order valence-electron chi connectivity index (χ3n) is 8.54. The molecule has 0 heterocycles. The van der Waals surface area contributed by atoms with E-state index in [0.29, 0.717) is 13.2 Å². The number of carbonyl (C=O) groups is 3. The summed E-state index contributed by atoms with van der Waals surface area (Å²) in [5, 5.41) is 0. The summed E-state index contributed by atoms with van der Waals surface area (Å²) in [4.78, 5) is 35.5. The topological polar surface area (TPSA) is 91.4 Å². The van der Waals surface area contributed by atoms with Crippen molar-refractivity contribution < 1.29 is 33.3 Å². The zero-order valence-corrected chi connectivity index (χ0v) is 35.6. The number of rotatable bonds is 36. The van der Waals surface area contributed by atoms with Crippen molar-refractivity contribution in [2.45, 2.75) is 181 Å². The van der Waals surface area contributed by atoms with E-state index in [0.717, 1.165) is 57.9 Å². The summed E-state index contributed by atoms with van der Waals surface area (Å²) in [5.74, 6) is -0.694. The smallest absolute Gasteiger partial charge is 0.466 e. The molecule has 0 spiro atoms. The lowest BCUT2D eigenvalue weighted by atomic mass is 10.1. The van der Waals surface area contributed by atoms with Gasteiger partial charge in [-0.15, -0.1) is 0 Å². The van der Waals surface area contributed by atoms with Crippen molar-refractivity contribution in [2.24, 2.45) is 0 Å². The fourth-order valence-electron chi connectivity index (χ4n) is 5.32. The highest BCUT2D eigenvalue weighted by Crippen LogP contribution is 2.10. The molecule has 0 radical (unpaired) electrons. The Morgan fingerprint density at radius 3 is 1.26 bits per heavy atom. The summed E-state index contributed by atoms with van der Waals surface area (Å²) in [7, 11) is 3.90. The van der Waals surface area contributed by atoms with E-state index in [1.807, 2.05) is 19.0 Å². The van der Waals surface area contributed by atoms with Crippen LogP contribution in [0.2, 0.25) is 0 Å². The first-order valence-corrected chi connectivity index (χ1v) is 21.7. The second kappa shape index (κ2) is 46.3. The Kier molecular flexibility index (Phi) is 45.6. The standard InChI is InChI=1S/C26H47NO5.C20H36O2/c1-4-5-6-7-8-9-10-11-12-13-14-15-16-17-18-19-22-30-25(28)24-32-26(29)31-23-20-21-27(2)3;1-3-4-5-6-7-8-9-10-11-12-13-14-15-16-17-18-19-22-20(2)21/h8-9,11-12H,4-7,10,13-24H2,1-3H3;7-8,10-11H,3-6,9,12-19H2,1-2H3/b9-8-,12-11-;8-7-,11-10-. The van der Waals surface area contributed by atoms with Gasteiger partial charge in [0.1, 0.15) is 0 Å². The molecule has 0 aromatic heterocycles. The molecule has 314 valence electrons. The van der Waals surface area contributed by atoms with E-state index in [1.165, 1.54) is 116 Å². The van der Waals surface area contributed by atoms with Crippen molar-refractivity contribution in [3.8, 4) is 0 Å². The molecule has 0 N–H and O–H groups in total. The van der Waals surface area contributed by atoms with Crippen molar-refractivity contribution in [1.82, 2.24) is 4.90 Å². The summed E-state index contributed by atoms with van der Waals surface area (Å²) < 4.78 is 19.6. The Bertz CT molecular complexity index is 941. The molecule has 8 nitrogen and oxygen atoms in total. The normalized spacial score (nSPS) is 11.5. The van der Waals surface area contributed by atoms with Crippen LogP contribution in [0, 0.1) is 0 Å². The Morgan fingerprint density at radius 2 is 0.833 bits per heavy atom. The fourth-order valence-corrected chi connectivity index (χ4v) is 5.32. The summed E-state index contributed by atoms with van der Waals surface area (Å²) in [6.45, 7) is 7.61. The first kappa shape index (κ1) is 53.2. The lowest BCUT2D eigenvalue weighted by molar-refractivity contribution is -0.148. The zero-order valence-electron chi connectivity index (χ0n) is 35.6. The molecule has 0 bridgehead atoms.